The van der Waals surface area contributed by atoms with Crippen LogP contribution in [0.15, 0.2) is 12.3 Å². The van der Waals surface area contributed by atoms with Crippen LogP contribution in [0, 0.1) is 6.92 Å². The summed E-state index contributed by atoms with van der Waals surface area (Å²) < 4.78 is 5.43. The molecule has 0 saturated heterocycles. The summed E-state index contributed by atoms with van der Waals surface area (Å²) in [6, 6.07) is 2.02. The standard InChI is InChI=1S/C16H25N3O2/c1-4-8-17-14-9-11(2)18-10-12(14)16(20)19-13-6-5-7-15(13)21-3/h9-10,13,15H,4-8H2,1-3H3,(H,17,18)(H,19,20). The second kappa shape index (κ2) is 7.41. The van der Waals surface area contributed by atoms with E-state index in [4.69, 9.17) is 4.74 Å². The Labute approximate surface area is 126 Å². The first kappa shape index (κ1) is 15.8. The first-order valence-corrected chi connectivity index (χ1v) is 7.70. The van der Waals surface area contributed by atoms with Gasteiger partial charge in [-0.05, 0) is 38.7 Å². The van der Waals surface area contributed by atoms with Crippen LogP contribution in [-0.2, 0) is 4.74 Å². The highest BCUT2D eigenvalue weighted by molar-refractivity contribution is 5.99. The SMILES string of the molecule is CCCNc1cc(C)ncc1C(=O)NC1CCCC1OC. The Balaban J connectivity index is 2.10. The van der Waals surface area contributed by atoms with Gasteiger partial charge in [-0.2, -0.15) is 0 Å². The quantitative estimate of drug-likeness (QED) is 0.845. The van der Waals surface area contributed by atoms with Gasteiger partial charge in [0.05, 0.1) is 23.4 Å². The molecule has 5 nitrogen and oxygen atoms in total. The normalized spacial score (nSPS) is 21.3. The lowest BCUT2D eigenvalue weighted by Crippen LogP contribution is -2.41. The summed E-state index contributed by atoms with van der Waals surface area (Å²) in [6.45, 7) is 4.87. The highest BCUT2D eigenvalue weighted by Crippen LogP contribution is 2.23. The molecule has 0 aromatic carbocycles. The third kappa shape index (κ3) is 3.94. The number of nitrogens with one attached hydrogen (secondary N) is 2. The minimum atomic E-state index is -0.0740. The molecule has 0 radical (unpaired) electrons. The number of anilines is 1. The van der Waals surface area contributed by atoms with Gasteiger partial charge in [-0.25, -0.2) is 0 Å². The smallest absolute Gasteiger partial charge is 0.255 e. The molecule has 1 saturated carbocycles. The van der Waals surface area contributed by atoms with Crippen LogP contribution in [0.3, 0.4) is 0 Å². The average Bonchev–Trinajstić information content (AvgIpc) is 2.92. The Morgan fingerprint density at radius 2 is 2.29 bits per heavy atom. The molecule has 1 aliphatic rings. The van der Waals surface area contributed by atoms with Crippen molar-refractivity contribution < 1.29 is 9.53 Å². The molecule has 1 heterocycles. The topological polar surface area (TPSA) is 63.2 Å². The molecular weight excluding hydrogens is 266 g/mol. The molecule has 1 amide bonds. The van der Waals surface area contributed by atoms with Gasteiger partial charge in [-0.1, -0.05) is 6.92 Å². The summed E-state index contributed by atoms with van der Waals surface area (Å²) in [5, 5.41) is 6.39. The predicted octanol–water partition coefficient (Wildman–Crippen LogP) is 2.51. The van der Waals surface area contributed by atoms with Crippen molar-refractivity contribution in [2.45, 2.75) is 51.7 Å². The molecule has 1 aliphatic carbocycles. The van der Waals surface area contributed by atoms with E-state index in [2.05, 4.69) is 22.5 Å². The molecule has 116 valence electrons. The molecule has 1 aromatic heterocycles. The molecule has 2 unspecified atom stereocenters. The fourth-order valence-corrected chi connectivity index (χ4v) is 2.77. The Bertz CT molecular complexity index is 490. The lowest BCUT2D eigenvalue weighted by atomic mass is 10.1. The van der Waals surface area contributed by atoms with Crippen LogP contribution >= 0.6 is 0 Å². The van der Waals surface area contributed by atoms with E-state index in [1.165, 1.54) is 0 Å². The summed E-state index contributed by atoms with van der Waals surface area (Å²) in [5.74, 6) is -0.0740. The van der Waals surface area contributed by atoms with Crippen LogP contribution in [0.4, 0.5) is 5.69 Å². The summed E-state index contributed by atoms with van der Waals surface area (Å²) in [6.07, 6.45) is 5.86. The second-order valence-corrected chi connectivity index (χ2v) is 5.58. The van der Waals surface area contributed by atoms with Gasteiger partial charge < -0.3 is 15.4 Å². The van der Waals surface area contributed by atoms with Gasteiger partial charge in [0, 0.05) is 25.5 Å². The van der Waals surface area contributed by atoms with E-state index in [9.17, 15) is 4.79 Å². The van der Waals surface area contributed by atoms with Gasteiger partial charge >= 0.3 is 0 Å². The van der Waals surface area contributed by atoms with E-state index in [0.717, 1.165) is 43.6 Å². The molecule has 2 rings (SSSR count). The summed E-state index contributed by atoms with van der Waals surface area (Å²) in [7, 11) is 1.71. The van der Waals surface area contributed by atoms with Crippen LogP contribution < -0.4 is 10.6 Å². The first-order chi connectivity index (χ1) is 10.2. The fraction of sp³-hybridized carbons (Fsp3) is 0.625. The van der Waals surface area contributed by atoms with E-state index < -0.39 is 0 Å². The Morgan fingerprint density at radius 1 is 1.48 bits per heavy atom. The predicted molar refractivity (Wildman–Crippen MR) is 83.7 cm³/mol. The number of carbonyl (C=O) groups is 1. The Kier molecular flexibility index (Phi) is 5.56. The van der Waals surface area contributed by atoms with Crippen LogP contribution in [0.25, 0.3) is 0 Å². The molecule has 0 aliphatic heterocycles. The number of nitrogens with zero attached hydrogens (tertiary/aromatic N) is 1. The number of ether oxygens (including phenoxy) is 1. The number of methoxy groups -OCH3 is 1. The van der Waals surface area contributed by atoms with Crippen molar-refractivity contribution >= 4 is 11.6 Å². The molecular formula is C16H25N3O2. The van der Waals surface area contributed by atoms with Crippen LogP contribution in [0.5, 0.6) is 0 Å². The molecule has 5 heteroatoms. The maximum absolute atomic E-state index is 12.5. The van der Waals surface area contributed by atoms with Crippen molar-refractivity contribution in [2.75, 3.05) is 19.0 Å². The number of aryl methyl sites for hydroxylation is 1. The third-order valence-corrected chi connectivity index (χ3v) is 3.92. The van der Waals surface area contributed by atoms with Crippen molar-refractivity contribution in [2.24, 2.45) is 0 Å². The number of carbonyl (C=O) groups excluding carboxylic acids is 1. The monoisotopic (exact) mass is 291 g/mol. The van der Waals surface area contributed by atoms with E-state index in [-0.39, 0.29) is 18.1 Å². The van der Waals surface area contributed by atoms with E-state index in [1.807, 2.05) is 13.0 Å². The number of hydrogen-bond acceptors (Lipinski definition) is 4. The first-order valence-electron chi connectivity index (χ1n) is 7.70. The van der Waals surface area contributed by atoms with Crippen molar-refractivity contribution in [3.63, 3.8) is 0 Å². The zero-order valence-corrected chi connectivity index (χ0v) is 13.1. The van der Waals surface area contributed by atoms with Crippen molar-refractivity contribution in [1.82, 2.24) is 10.3 Å². The maximum Gasteiger partial charge on any atom is 0.255 e. The summed E-state index contributed by atoms with van der Waals surface area (Å²) >= 11 is 0. The van der Waals surface area contributed by atoms with Crippen LogP contribution in [-0.4, -0.2) is 36.7 Å². The number of amides is 1. The molecule has 21 heavy (non-hydrogen) atoms. The Hall–Kier alpha value is -1.62. The largest absolute Gasteiger partial charge is 0.384 e. The van der Waals surface area contributed by atoms with Crippen LogP contribution in [0.1, 0.15) is 48.7 Å². The number of hydrogen-bond donors (Lipinski definition) is 2. The number of pyridine rings is 1. The summed E-state index contributed by atoms with van der Waals surface area (Å²) in [4.78, 5) is 16.8. The molecule has 2 atom stereocenters. The zero-order chi connectivity index (χ0) is 15.2. The minimum Gasteiger partial charge on any atom is -0.384 e. The third-order valence-electron chi connectivity index (χ3n) is 3.92. The Morgan fingerprint density at radius 3 is 3.00 bits per heavy atom. The summed E-state index contributed by atoms with van der Waals surface area (Å²) in [5.41, 5.74) is 2.37. The second-order valence-electron chi connectivity index (χ2n) is 5.58. The van der Waals surface area contributed by atoms with Gasteiger partial charge in [0.2, 0.25) is 0 Å². The lowest BCUT2D eigenvalue weighted by Gasteiger charge is -2.20. The van der Waals surface area contributed by atoms with E-state index in [1.54, 1.807) is 13.3 Å². The molecule has 1 aromatic rings. The highest BCUT2D eigenvalue weighted by atomic mass is 16.5. The fourth-order valence-electron chi connectivity index (χ4n) is 2.77. The number of aromatic nitrogens is 1. The molecule has 1 fully saturated rings. The van der Waals surface area contributed by atoms with Crippen molar-refractivity contribution in [1.29, 1.82) is 0 Å². The minimum absolute atomic E-state index is 0.0740. The van der Waals surface area contributed by atoms with E-state index >= 15 is 0 Å². The van der Waals surface area contributed by atoms with Gasteiger partial charge in [-0.15, -0.1) is 0 Å². The van der Waals surface area contributed by atoms with Crippen molar-refractivity contribution in [3.8, 4) is 0 Å². The van der Waals surface area contributed by atoms with Gasteiger partial charge in [0.1, 0.15) is 0 Å². The van der Waals surface area contributed by atoms with Gasteiger partial charge in [0.25, 0.3) is 5.91 Å². The maximum atomic E-state index is 12.5. The van der Waals surface area contributed by atoms with Crippen LogP contribution in [0.2, 0.25) is 0 Å². The zero-order valence-electron chi connectivity index (χ0n) is 13.1. The van der Waals surface area contributed by atoms with E-state index in [0.29, 0.717) is 5.56 Å². The average molecular weight is 291 g/mol. The molecule has 2 N–H and O–H groups in total. The molecule has 0 bridgehead atoms. The highest BCUT2D eigenvalue weighted by Gasteiger charge is 2.29. The van der Waals surface area contributed by atoms with Gasteiger partial charge in [-0.3, -0.25) is 9.78 Å². The van der Waals surface area contributed by atoms with Gasteiger partial charge in [0.15, 0.2) is 0 Å². The molecule has 0 spiro atoms. The van der Waals surface area contributed by atoms with Crippen molar-refractivity contribution in [3.05, 3.63) is 23.5 Å². The number of rotatable bonds is 6. The lowest BCUT2D eigenvalue weighted by molar-refractivity contribution is 0.0722.